The molecule has 0 bridgehead atoms. The van der Waals surface area contributed by atoms with Gasteiger partial charge < -0.3 is 24.3 Å². The summed E-state index contributed by atoms with van der Waals surface area (Å²) in [6, 6.07) is 3.17. The van der Waals surface area contributed by atoms with Crippen LogP contribution in [-0.4, -0.2) is 49.5 Å². The molecule has 10 nitrogen and oxygen atoms in total. The lowest BCUT2D eigenvalue weighted by molar-refractivity contribution is -0.149. The van der Waals surface area contributed by atoms with Crippen LogP contribution in [0.4, 0.5) is 0 Å². The number of hydrogen-bond donors (Lipinski definition) is 1. The van der Waals surface area contributed by atoms with E-state index < -0.39 is 42.4 Å². The minimum atomic E-state index is -1.13. The van der Waals surface area contributed by atoms with Crippen molar-refractivity contribution in [1.29, 1.82) is 0 Å². The van der Waals surface area contributed by atoms with E-state index in [0.717, 1.165) is 13.2 Å². The van der Waals surface area contributed by atoms with Crippen LogP contribution in [0.2, 0.25) is 0 Å². The van der Waals surface area contributed by atoms with Crippen LogP contribution in [0, 0.1) is 0 Å². The van der Waals surface area contributed by atoms with E-state index in [2.05, 4.69) is 10.1 Å². The number of benzene rings is 1. The van der Waals surface area contributed by atoms with Gasteiger partial charge in [-0.15, -0.1) is 0 Å². The van der Waals surface area contributed by atoms with Gasteiger partial charge in [0.25, 0.3) is 0 Å². The van der Waals surface area contributed by atoms with Gasteiger partial charge in [-0.25, -0.2) is 9.59 Å². The average Bonchev–Trinajstić information content (AvgIpc) is 2.63. The van der Waals surface area contributed by atoms with Gasteiger partial charge in [0.2, 0.25) is 5.91 Å². The molecule has 0 aliphatic heterocycles. The van der Waals surface area contributed by atoms with Crippen molar-refractivity contribution >= 4 is 35.9 Å². The van der Waals surface area contributed by atoms with Gasteiger partial charge in [-0.1, -0.05) is 6.07 Å². The van der Waals surface area contributed by atoms with Crippen molar-refractivity contribution in [3.05, 3.63) is 29.8 Å². The van der Waals surface area contributed by atoms with Crippen LogP contribution in [0.25, 0.3) is 6.08 Å². The Morgan fingerprint density at radius 2 is 1.62 bits per heavy atom. The zero-order valence-corrected chi connectivity index (χ0v) is 16.3. The minimum Gasteiger partial charge on any atom is -0.467 e. The number of esters is 4. The summed E-state index contributed by atoms with van der Waals surface area (Å²) in [6.45, 7) is 3.17. The summed E-state index contributed by atoms with van der Waals surface area (Å²) in [7, 11) is 1.14. The van der Waals surface area contributed by atoms with E-state index in [4.69, 9.17) is 14.2 Å². The van der Waals surface area contributed by atoms with Crippen molar-refractivity contribution in [2.45, 2.75) is 26.8 Å². The quantitative estimate of drug-likeness (QED) is 0.377. The standard InChI is InChI=1S/C19H21NO9/c1-11(21)20-15(19(25)26-4)10-27-18(24)8-6-14-5-7-16(28-12(2)22)17(9-14)29-13(3)23/h5-9,15H,10H2,1-4H3,(H,20,21)/t15-/m0/s1. The van der Waals surface area contributed by atoms with Gasteiger partial charge in [-0.3, -0.25) is 14.4 Å². The first kappa shape index (κ1) is 23.3. The van der Waals surface area contributed by atoms with E-state index in [1.54, 1.807) is 0 Å². The van der Waals surface area contributed by atoms with Crippen LogP contribution in [0.15, 0.2) is 24.3 Å². The van der Waals surface area contributed by atoms with Crippen LogP contribution < -0.4 is 14.8 Å². The fourth-order valence-electron chi connectivity index (χ4n) is 2.04. The van der Waals surface area contributed by atoms with Gasteiger partial charge >= 0.3 is 23.9 Å². The van der Waals surface area contributed by atoms with Gasteiger partial charge in [0.1, 0.15) is 6.61 Å². The molecule has 29 heavy (non-hydrogen) atoms. The maximum absolute atomic E-state index is 11.9. The summed E-state index contributed by atoms with van der Waals surface area (Å²) >= 11 is 0. The van der Waals surface area contributed by atoms with Gasteiger partial charge in [-0.2, -0.15) is 0 Å². The predicted molar refractivity (Wildman–Crippen MR) is 98.7 cm³/mol. The van der Waals surface area contributed by atoms with Crippen LogP contribution >= 0.6 is 0 Å². The van der Waals surface area contributed by atoms with Gasteiger partial charge in [0.15, 0.2) is 17.5 Å². The predicted octanol–water partition coefficient (Wildman–Crippen LogP) is 0.771. The molecular weight excluding hydrogens is 386 g/mol. The molecule has 1 amide bonds. The third-order valence-electron chi connectivity index (χ3n) is 3.14. The summed E-state index contributed by atoms with van der Waals surface area (Å²) in [4.78, 5) is 56.8. The van der Waals surface area contributed by atoms with Gasteiger partial charge in [0, 0.05) is 26.8 Å². The molecule has 0 radical (unpaired) electrons. The van der Waals surface area contributed by atoms with Crippen LogP contribution in [0.3, 0.4) is 0 Å². The third kappa shape index (κ3) is 8.69. The Kier molecular flexibility index (Phi) is 9.03. The number of rotatable bonds is 8. The van der Waals surface area contributed by atoms with Crippen molar-refractivity contribution in [3.63, 3.8) is 0 Å². The number of nitrogens with one attached hydrogen (secondary N) is 1. The van der Waals surface area contributed by atoms with E-state index >= 15 is 0 Å². The fourth-order valence-corrected chi connectivity index (χ4v) is 2.04. The van der Waals surface area contributed by atoms with Crippen LogP contribution in [0.1, 0.15) is 26.3 Å². The first-order valence-electron chi connectivity index (χ1n) is 8.33. The Bertz CT molecular complexity index is 829. The number of carbonyl (C=O) groups excluding carboxylic acids is 5. The van der Waals surface area contributed by atoms with E-state index in [1.807, 2.05) is 0 Å². The second-order valence-electron chi connectivity index (χ2n) is 5.63. The van der Waals surface area contributed by atoms with Gasteiger partial charge in [0.05, 0.1) is 7.11 Å². The summed E-state index contributed by atoms with van der Waals surface area (Å²) in [6.07, 6.45) is 2.43. The summed E-state index contributed by atoms with van der Waals surface area (Å²) in [5.41, 5.74) is 0.445. The highest BCUT2D eigenvalue weighted by atomic mass is 16.6. The van der Waals surface area contributed by atoms with Crippen molar-refractivity contribution < 1.29 is 42.9 Å². The molecule has 0 fully saturated rings. The number of amides is 1. The van der Waals surface area contributed by atoms with Crippen molar-refractivity contribution in [3.8, 4) is 11.5 Å². The smallest absolute Gasteiger partial charge is 0.331 e. The molecule has 0 aliphatic carbocycles. The van der Waals surface area contributed by atoms with E-state index in [9.17, 15) is 24.0 Å². The van der Waals surface area contributed by atoms with Crippen molar-refractivity contribution in [2.24, 2.45) is 0 Å². The molecule has 0 spiro atoms. The Balaban J connectivity index is 2.83. The SMILES string of the molecule is COC(=O)[C@H](COC(=O)C=Cc1ccc(OC(C)=O)c(OC(C)=O)c1)NC(C)=O. The highest BCUT2D eigenvalue weighted by molar-refractivity contribution is 5.88. The molecule has 0 aliphatic rings. The van der Waals surface area contributed by atoms with E-state index in [0.29, 0.717) is 5.56 Å². The topological polar surface area (TPSA) is 134 Å². The van der Waals surface area contributed by atoms with Crippen molar-refractivity contribution in [1.82, 2.24) is 5.32 Å². The maximum atomic E-state index is 11.9. The molecule has 0 heterocycles. The Labute approximate surface area is 166 Å². The minimum absolute atomic E-state index is 0.000342. The average molecular weight is 407 g/mol. The maximum Gasteiger partial charge on any atom is 0.331 e. The lowest BCUT2D eigenvalue weighted by Crippen LogP contribution is -2.44. The molecule has 1 aromatic carbocycles. The molecule has 0 saturated carbocycles. The van der Waals surface area contributed by atoms with Crippen LogP contribution in [-0.2, 0) is 33.4 Å². The highest BCUT2D eigenvalue weighted by Crippen LogP contribution is 2.29. The summed E-state index contributed by atoms with van der Waals surface area (Å²) in [5.74, 6) is -3.21. The third-order valence-corrected chi connectivity index (χ3v) is 3.14. The number of methoxy groups -OCH3 is 1. The Morgan fingerprint density at radius 3 is 2.17 bits per heavy atom. The normalized spacial score (nSPS) is 11.3. The molecule has 1 atom stereocenters. The molecule has 1 N–H and O–H groups in total. The Hall–Kier alpha value is -3.69. The number of carbonyl (C=O) groups is 5. The molecule has 1 rings (SSSR count). The van der Waals surface area contributed by atoms with E-state index in [-0.39, 0.29) is 11.5 Å². The van der Waals surface area contributed by atoms with Crippen LogP contribution in [0.5, 0.6) is 11.5 Å². The largest absolute Gasteiger partial charge is 0.467 e. The van der Waals surface area contributed by atoms with Crippen molar-refractivity contribution in [2.75, 3.05) is 13.7 Å². The fraction of sp³-hybridized carbons (Fsp3) is 0.316. The molecule has 1 aromatic rings. The zero-order chi connectivity index (χ0) is 22.0. The number of hydrogen-bond acceptors (Lipinski definition) is 9. The lowest BCUT2D eigenvalue weighted by atomic mass is 10.2. The summed E-state index contributed by atoms with van der Waals surface area (Å²) in [5, 5.41) is 2.30. The molecule has 0 saturated heterocycles. The molecule has 10 heteroatoms. The lowest BCUT2D eigenvalue weighted by Gasteiger charge is -2.14. The summed E-state index contributed by atoms with van der Waals surface area (Å²) < 4.78 is 19.4. The first-order chi connectivity index (χ1) is 13.6. The second-order valence-corrected chi connectivity index (χ2v) is 5.63. The van der Waals surface area contributed by atoms with Gasteiger partial charge in [-0.05, 0) is 23.8 Å². The second kappa shape index (κ2) is 11.2. The molecular formula is C19H21NO9. The Morgan fingerprint density at radius 1 is 1.00 bits per heavy atom. The van der Waals surface area contributed by atoms with E-state index in [1.165, 1.54) is 45.0 Å². The molecule has 0 aromatic heterocycles. The monoisotopic (exact) mass is 407 g/mol. The highest BCUT2D eigenvalue weighted by Gasteiger charge is 2.21. The first-order valence-corrected chi connectivity index (χ1v) is 8.33. The zero-order valence-electron chi connectivity index (χ0n) is 16.3. The number of ether oxygens (including phenoxy) is 4. The molecule has 156 valence electrons. The molecule has 0 unspecified atom stereocenters.